The molecule has 0 saturated carbocycles. The normalized spacial score (nSPS) is 12.3. The molecule has 0 heterocycles. The summed E-state index contributed by atoms with van der Waals surface area (Å²) < 4.78 is 20.6. The number of hydrogen-bond acceptors (Lipinski definition) is 16. The molecule has 0 aliphatic heterocycles. The minimum absolute atomic E-state index is 0.0147. The van der Waals surface area contributed by atoms with Crippen LogP contribution in [0.1, 0.15) is 38.3 Å². The largest absolute Gasteiger partial charge is 0.464 e. The summed E-state index contributed by atoms with van der Waals surface area (Å²) in [5, 5.41) is 21.4. The number of esters is 4. The molecule has 1 N–H and O–H groups in total. The summed E-state index contributed by atoms with van der Waals surface area (Å²) in [6, 6.07) is 12.0. The highest BCUT2D eigenvalue weighted by Gasteiger charge is 2.30. The Kier molecular flexibility index (Phi) is 16.1. The summed E-state index contributed by atoms with van der Waals surface area (Å²) in [4.78, 5) is 91.2. The second-order valence-electron chi connectivity index (χ2n) is 9.76. The van der Waals surface area contributed by atoms with Crippen molar-refractivity contribution in [3.8, 4) is 11.5 Å². The van der Waals surface area contributed by atoms with Crippen LogP contribution in [0.5, 0.6) is 11.5 Å². The van der Waals surface area contributed by atoms with Crippen molar-refractivity contribution < 1.29 is 62.8 Å². The molecule has 0 aromatic heterocycles. The monoisotopic (exact) mass is 695 g/mol. The Morgan fingerprint density at radius 3 is 2.12 bits per heavy atom. The third-order valence-electron chi connectivity index (χ3n) is 5.82. The Bertz CT molecular complexity index is 1460. The van der Waals surface area contributed by atoms with Crippen LogP contribution in [-0.4, -0.2) is 77.2 Å². The smallest absolute Gasteiger partial charge is 0.329 e. The number of benzene rings is 2. The highest BCUT2D eigenvalue weighted by Crippen LogP contribution is 2.29. The van der Waals surface area contributed by atoms with Crippen LogP contribution in [0.4, 0.5) is 0 Å². The van der Waals surface area contributed by atoms with E-state index >= 15 is 0 Å². The van der Waals surface area contributed by atoms with Gasteiger partial charge in [-0.05, 0) is 23.3 Å². The fraction of sp³-hybridized carbons (Fsp3) is 0.414. The molecule has 2 rings (SSSR count). The molecular formula is C29H33N3O15S. The van der Waals surface area contributed by atoms with Gasteiger partial charge in [0.05, 0.1) is 6.61 Å². The lowest BCUT2D eigenvalue weighted by molar-refractivity contribution is -0.790. The average molecular weight is 696 g/mol. The van der Waals surface area contributed by atoms with Crippen LogP contribution in [0, 0.1) is 20.2 Å². The molecule has 3 unspecified atom stereocenters. The van der Waals surface area contributed by atoms with E-state index in [-0.39, 0.29) is 30.1 Å². The van der Waals surface area contributed by atoms with Gasteiger partial charge in [0.1, 0.15) is 18.8 Å². The number of carbonyl (C=O) groups is 5. The zero-order chi connectivity index (χ0) is 35.6. The number of thioether (sulfide) groups is 1. The second-order valence-corrected chi connectivity index (χ2v) is 10.8. The average Bonchev–Trinajstić information content (AvgIpc) is 2.99. The molecule has 19 heteroatoms. The summed E-state index contributed by atoms with van der Waals surface area (Å²) in [6.07, 6.45) is -3.53. The van der Waals surface area contributed by atoms with Gasteiger partial charge in [0.15, 0.2) is 17.6 Å². The van der Waals surface area contributed by atoms with Gasteiger partial charge in [-0.15, -0.1) is 20.2 Å². The first-order valence-corrected chi connectivity index (χ1v) is 15.2. The fourth-order valence-electron chi connectivity index (χ4n) is 3.88. The first kappa shape index (κ1) is 38.7. The van der Waals surface area contributed by atoms with Crippen molar-refractivity contribution in [3.63, 3.8) is 0 Å². The summed E-state index contributed by atoms with van der Waals surface area (Å²) in [5.41, 5.74) is 1.25. The molecule has 18 nitrogen and oxygen atoms in total. The third-order valence-corrected chi connectivity index (χ3v) is 6.93. The SMILES string of the molecule is CC(=O)Oc1ccc(CC(OC(C)=O)C(=O)NC(CSCc2ccccc2)C(=O)OCCC(CO[N+](=O)[O-])O[N+](=O)[O-])cc1OC(C)=O. The van der Waals surface area contributed by atoms with Gasteiger partial charge >= 0.3 is 23.9 Å². The Morgan fingerprint density at radius 2 is 1.52 bits per heavy atom. The summed E-state index contributed by atoms with van der Waals surface area (Å²) in [6.45, 7) is 2.06. The van der Waals surface area contributed by atoms with Gasteiger partial charge in [0, 0.05) is 45.1 Å². The van der Waals surface area contributed by atoms with Crippen molar-refractivity contribution in [2.24, 2.45) is 0 Å². The number of nitrogens with one attached hydrogen (secondary N) is 1. The Hall–Kier alpha value is -5.46. The van der Waals surface area contributed by atoms with E-state index in [1.807, 2.05) is 30.3 Å². The quantitative estimate of drug-likeness (QED) is 0.0903. The highest BCUT2D eigenvalue weighted by atomic mass is 32.2. The number of rotatable bonds is 20. The van der Waals surface area contributed by atoms with Crippen molar-refractivity contribution >= 4 is 41.5 Å². The first-order valence-electron chi connectivity index (χ1n) is 14.1. The van der Waals surface area contributed by atoms with Crippen molar-refractivity contribution in [3.05, 3.63) is 79.9 Å². The lowest BCUT2D eigenvalue weighted by Crippen LogP contribution is -2.49. The Morgan fingerprint density at radius 1 is 0.854 bits per heavy atom. The summed E-state index contributed by atoms with van der Waals surface area (Å²) in [5.74, 6) is -3.82. The molecular weight excluding hydrogens is 662 g/mol. The number of ether oxygens (including phenoxy) is 4. The van der Waals surface area contributed by atoms with E-state index in [1.54, 1.807) is 0 Å². The predicted molar refractivity (Wildman–Crippen MR) is 163 cm³/mol. The van der Waals surface area contributed by atoms with Gasteiger partial charge < -0.3 is 33.9 Å². The molecule has 48 heavy (non-hydrogen) atoms. The fourth-order valence-corrected chi connectivity index (χ4v) is 4.88. The third kappa shape index (κ3) is 15.2. The zero-order valence-electron chi connectivity index (χ0n) is 26.0. The lowest BCUT2D eigenvalue weighted by atomic mass is 10.1. The van der Waals surface area contributed by atoms with E-state index in [9.17, 15) is 44.2 Å². The molecule has 1 amide bonds. The van der Waals surface area contributed by atoms with Gasteiger partial charge in [-0.25, -0.2) is 4.79 Å². The van der Waals surface area contributed by atoms with E-state index in [4.69, 9.17) is 18.9 Å². The summed E-state index contributed by atoms with van der Waals surface area (Å²) >= 11 is 1.27. The molecule has 260 valence electrons. The lowest BCUT2D eigenvalue weighted by Gasteiger charge is -2.22. The molecule has 0 saturated heterocycles. The maximum Gasteiger partial charge on any atom is 0.329 e. The van der Waals surface area contributed by atoms with Crippen LogP contribution in [0.2, 0.25) is 0 Å². The first-order chi connectivity index (χ1) is 22.7. The molecule has 0 radical (unpaired) electrons. The predicted octanol–water partition coefficient (Wildman–Crippen LogP) is 2.15. The molecule has 0 aliphatic rings. The number of hydrogen-bond donors (Lipinski definition) is 1. The van der Waals surface area contributed by atoms with Gasteiger partial charge in [0.25, 0.3) is 16.1 Å². The molecule has 0 spiro atoms. The van der Waals surface area contributed by atoms with E-state index in [0.717, 1.165) is 26.3 Å². The minimum Gasteiger partial charge on any atom is -0.464 e. The van der Waals surface area contributed by atoms with Crippen LogP contribution in [0.25, 0.3) is 0 Å². The Balaban J connectivity index is 2.23. The van der Waals surface area contributed by atoms with E-state index in [2.05, 4.69) is 15.0 Å². The molecule has 2 aromatic rings. The topological polar surface area (TPSA) is 239 Å². The molecule has 0 fully saturated rings. The van der Waals surface area contributed by atoms with E-state index in [0.29, 0.717) is 11.3 Å². The molecule has 2 aromatic carbocycles. The number of carbonyl (C=O) groups excluding carboxylic acids is 5. The Labute approximate surface area is 277 Å². The van der Waals surface area contributed by atoms with E-state index in [1.165, 1.54) is 30.0 Å². The maximum atomic E-state index is 13.4. The number of nitrogens with zero attached hydrogens (tertiary/aromatic N) is 2. The van der Waals surface area contributed by atoms with Crippen LogP contribution in [0.15, 0.2) is 48.5 Å². The van der Waals surface area contributed by atoms with Crippen LogP contribution in [-0.2, 0) is 55.3 Å². The minimum atomic E-state index is -1.49. The molecule has 3 atom stereocenters. The van der Waals surface area contributed by atoms with Crippen LogP contribution >= 0.6 is 11.8 Å². The highest BCUT2D eigenvalue weighted by molar-refractivity contribution is 7.98. The van der Waals surface area contributed by atoms with Crippen LogP contribution in [0.3, 0.4) is 0 Å². The van der Waals surface area contributed by atoms with E-state index < -0.39 is 71.4 Å². The van der Waals surface area contributed by atoms with Gasteiger partial charge in [-0.1, -0.05) is 36.4 Å². The van der Waals surface area contributed by atoms with Gasteiger partial charge in [0.2, 0.25) is 0 Å². The zero-order valence-corrected chi connectivity index (χ0v) is 26.8. The summed E-state index contributed by atoms with van der Waals surface area (Å²) in [7, 11) is 0. The van der Waals surface area contributed by atoms with Crippen LogP contribution < -0.4 is 14.8 Å². The van der Waals surface area contributed by atoms with Crippen molar-refractivity contribution in [2.75, 3.05) is 19.0 Å². The molecule has 0 bridgehead atoms. The molecule has 0 aliphatic carbocycles. The standard InChI is InChI=1S/C29H33N3O15S/c1-18(33)44-25-10-9-22(13-26(25)45-19(2)34)14-27(46-20(3)35)28(36)30-24(17-48-16-21-7-5-4-6-8-21)29(37)42-12-11-23(47-32(40)41)15-43-31(38)39/h4-10,13,23-24,27H,11-12,14-17H2,1-3H3,(H,30,36). The second kappa shape index (κ2) is 19.9. The van der Waals surface area contributed by atoms with Gasteiger partial charge in [-0.3, -0.25) is 19.2 Å². The maximum absolute atomic E-state index is 13.4. The van der Waals surface area contributed by atoms with Crippen molar-refractivity contribution in [2.45, 2.75) is 57.6 Å². The van der Waals surface area contributed by atoms with Crippen molar-refractivity contribution in [1.82, 2.24) is 5.32 Å². The van der Waals surface area contributed by atoms with Crippen molar-refractivity contribution in [1.29, 1.82) is 0 Å². The number of amides is 1. The van der Waals surface area contributed by atoms with Gasteiger partial charge in [-0.2, -0.15) is 11.8 Å².